The molecule has 1 fully saturated rings. The van der Waals surface area contributed by atoms with Crippen molar-refractivity contribution in [1.82, 2.24) is 25.0 Å². The number of ether oxygens (including phenoxy) is 1. The molecule has 1 aliphatic rings. The van der Waals surface area contributed by atoms with Crippen LogP contribution in [0.15, 0.2) is 44.9 Å². The highest BCUT2D eigenvalue weighted by Crippen LogP contribution is 2.38. The van der Waals surface area contributed by atoms with E-state index in [9.17, 15) is 15.3 Å². The topological polar surface area (TPSA) is 126 Å². The Balaban J connectivity index is 1.61. The van der Waals surface area contributed by atoms with Crippen LogP contribution in [0.2, 0.25) is 0 Å². The molecule has 0 aromatic carbocycles. The van der Waals surface area contributed by atoms with E-state index >= 15 is 0 Å². The van der Waals surface area contributed by atoms with E-state index < -0.39 is 36.4 Å². The molecule has 3 aromatic rings. The van der Waals surface area contributed by atoms with E-state index in [1.54, 1.807) is 24.1 Å². The van der Waals surface area contributed by atoms with Crippen molar-refractivity contribution in [3.05, 3.63) is 40.0 Å². The lowest BCUT2D eigenvalue weighted by Gasteiger charge is -2.41. The lowest BCUT2D eigenvalue weighted by Crippen LogP contribution is -2.55. The molecule has 3 aromatic heterocycles. The lowest BCUT2D eigenvalue weighted by molar-refractivity contribution is -0.178. The fraction of sp³-hybridized carbons (Fsp3) is 0.375. The molecule has 148 valence electrons. The fourth-order valence-electron chi connectivity index (χ4n) is 2.95. The number of hydrogen-bond acceptors (Lipinski definition) is 10. The molecule has 1 aliphatic heterocycles. The van der Waals surface area contributed by atoms with Crippen molar-refractivity contribution in [3.63, 3.8) is 0 Å². The van der Waals surface area contributed by atoms with Crippen molar-refractivity contribution in [3.8, 4) is 11.4 Å². The molecule has 0 saturated carbocycles. The number of thiazole rings is 1. The third-order valence-electron chi connectivity index (χ3n) is 4.29. The molecule has 28 heavy (non-hydrogen) atoms. The van der Waals surface area contributed by atoms with E-state index in [0.717, 1.165) is 9.37 Å². The number of halogens is 1. The third kappa shape index (κ3) is 3.99. The fourth-order valence-corrected chi connectivity index (χ4v) is 5.09. The standard InChI is InChI=1S/C16H16BrN5O4S2/c17-8-1-9(3-18-2-8)28-16-15(25)13(14(24)12(5-23)26-16)22-4-10(20-21-22)11-6-27-7-19-11/h1-4,6-7,12-16,23-25H,5H2/t12-,13+,14+,15-,16-/m0/s1. The van der Waals surface area contributed by atoms with E-state index in [0.29, 0.717) is 11.4 Å². The van der Waals surface area contributed by atoms with Gasteiger partial charge in [-0.15, -0.1) is 16.4 Å². The van der Waals surface area contributed by atoms with E-state index in [1.807, 2.05) is 11.4 Å². The van der Waals surface area contributed by atoms with Crippen molar-refractivity contribution in [2.24, 2.45) is 0 Å². The van der Waals surface area contributed by atoms with Crippen molar-refractivity contribution in [2.75, 3.05) is 6.61 Å². The minimum atomic E-state index is -1.16. The predicted molar refractivity (Wildman–Crippen MR) is 106 cm³/mol. The smallest absolute Gasteiger partial charge is 0.136 e. The molecule has 0 radical (unpaired) electrons. The van der Waals surface area contributed by atoms with Crippen LogP contribution in [0.4, 0.5) is 0 Å². The van der Waals surface area contributed by atoms with Gasteiger partial charge in [0.25, 0.3) is 0 Å². The van der Waals surface area contributed by atoms with Gasteiger partial charge in [0.15, 0.2) is 0 Å². The molecule has 0 aliphatic carbocycles. The van der Waals surface area contributed by atoms with Gasteiger partial charge in [0.1, 0.15) is 41.2 Å². The quantitative estimate of drug-likeness (QED) is 0.490. The highest BCUT2D eigenvalue weighted by atomic mass is 79.9. The Hall–Kier alpha value is -1.41. The van der Waals surface area contributed by atoms with Gasteiger partial charge in [-0.2, -0.15) is 0 Å². The van der Waals surface area contributed by atoms with Gasteiger partial charge in [0.2, 0.25) is 0 Å². The summed E-state index contributed by atoms with van der Waals surface area (Å²) in [5.74, 6) is 0. The summed E-state index contributed by atoms with van der Waals surface area (Å²) in [5.41, 5.74) is 2.14. The molecule has 0 amide bonds. The number of aliphatic hydroxyl groups is 3. The van der Waals surface area contributed by atoms with Crippen LogP contribution in [0.1, 0.15) is 6.04 Å². The summed E-state index contributed by atoms with van der Waals surface area (Å²) in [6, 6.07) is 1.00. The molecule has 4 heterocycles. The molecule has 9 nitrogen and oxygen atoms in total. The second-order valence-electron chi connectivity index (χ2n) is 6.11. The van der Waals surface area contributed by atoms with Gasteiger partial charge in [0.05, 0.1) is 18.3 Å². The van der Waals surface area contributed by atoms with Gasteiger partial charge in [-0.3, -0.25) is 4.98 Å². The predicted octanol–water partition coefficient (Wildman–Crippen LogP) is 1.33. The molecular formula is C16H16BrN5O4S2. The van der Waals surface area contributed by atoms with E-state index in [-0.39, 0.29) is 0 Å². The molecule has 0 unspecified atom stereocenters. The second kappa shape index (κ2) is 8.53. The molecule has 0 bridgehead atoms. The zero-order chi connectivity index (χ0) is 19.7. The minimum Gasteiger partial charge on any atom is -0.394 e. The summed E-state index contributed by atoms with van der Waals surface area (Å²) >= 11 is 6.05. The Morgan fingerprint density at radius 1 is 1.25 bits per heavy atom. The van der Waals surface area contributed by atoms with Crippen LogP contribution >= 0.6 is 39.0 Å². The summed E-state index contributed by atoms with van der Waals surface area (Å²) in [4.78, 5) is 9.06. The zero-order valence-electron chi connectivity index (χ0n) is 14.2. The number of aromatic nitrogens is 5. The molecule has 3 N–H and O–H groups in total. The Kier molecular flexibility index (Phi) is 6.06. The average molecular weight is 486 g/mol. The first kappa shape index (κ1) is 19.9. The Morgan fingerprint density at radius 2 is 2.11 bits per heavy atom. The first-order valence-electron chi connectivity index (χ1n) is 8.27. The first-order valence-corrected chi connectivity index (χ1v) is 10.9. The zero-order valence-corrected chi connectivity index (χ0v) is 17.5. The number of nitrogens with zero attached hydrogens (tertiary/aromatic N) is 5. The van der Waals surface area contributed by atoms with Gasteiger partial charge >= 0.3 is 0 Å². The number of thioether (sulfide) groups is 1. The third-order valence-corrected chi connectivity index (χ3v) is 6.43. The van der Waals surface area contributed by atoms with Crippen LogP contribution in [0, 0.1) is 0 Å². The SMILES string of the molecule is OC[C@@H]1O[C@@H](Sc2cncc(Br)c2)[C@@H](O)[C@H](n2cc(-c3cscn3)nn2)[C@@H]1O. The number of aliphatic hydroxyl groups excluding tert-OH is 3. The van der Waals surface area contributed by atoms with Crippen molar-refractivity contribution >= 4 is 39.0 Å². The Labute approximate surface area is 176 Å². The molecular weight excluding hydrogens is 470 g/mol. The normalized spacial score (nSPS) is 27.8. The van der Waals surface area contributed by atoms with Gasteiger partial charge < -0.3 is 20.1 Å². The van der Waals surface area contributed by atoms with Gasteiger partial charge in [-0.25, -0.2) is 9.67 Å². The minimum absolute atomic E-state index is 0.397. The lowest BCUT2D eigenvalue weighted by atomic mass is 9.97. The summed E-state index contributed by atoms with van der Waals surface area (Å²) < 4.78 is 7.93. The average Bonchev–Trinajstić information content (AvgIpc) is 3.36. The van der Waals surface area contributed by atoms with Crippen LogP contribution in [-0.4, -0.2) is 70.6 Å². The maximum Gasteiger partial charge on any atom is 0.136 e. The van der Waals surface area contributed by atoms with Crippen LogP contribution < -0.4 is 0 Å². The van der Waals surface area contributed by atoms with E-state index in [2.05, 4.69) is 36.2 Å². The Morgan fingerprint density at radius 3 is 2.82 bits per heavy atom. The van der Waals surface area contributed by atoms with E-state index in [4.69, 9.17) is 4.74 Å². The molecule has 5 atom stereocenters. The molecule has 4 rings (SSSR count). The maximum absolute atomic E-state index is 10.9. The van der Waals surface area contributed by atoms with Crippen LogP contribution in [-0.2, 0) is 4.74 Å². The number of hydrogen-bond donors (Lipinski definition) is 3. The van der Waals surface area contributed by atoms with Crippen molar-refractivity contribution in [1.29, 1.82) is 0 Å². The molecule has 1 saturated heterocycles. The van der Waals surface area contributed by atoms with Gasteiger partial charge in [-0.05, 0) is 22.0 Å². The van der Waals surface area contributed by atoms with Gasteiger partial charge in [0, 0.05) is 27.1 Å². The number of pyridine rings is 1. The van der Waals surface area contributed by atoms with Crippen LogP contribution in [0.5, 0.6) is 0 Å². The maximum atomic E-state index is 10.9. The van der Waals surface area contributed by atoms with Crippen LogP contribution in [0.3, 0.4) is 0 Å². The highest BCUT2D eigenvalue weighted by molar-refractivity contribution is 9.10. The summed E-state index contributed by atoms with van der Waals surface area (Å²) in [7, 11) is 0. The van der Waals surface area contributed by atoms with Crippen LogP contribution in [0.25, 0.3) is 11.4 Å². The summed E-state index contributed by atoms with van der Waals surface area (Å²) in [5, 5.41) is 41.2. The van der Waals surface area contributed by atoms with E-state index in [1.165, 1.54) is 27.8 Å². The van der Waals surface area contributed by atoms with Gasteiger partial charge in [-0.1, -0.05) is 17.0 Å². The second-order valence-corrected chi connectivity index (χ2v) is 8.92. The molecule has 0 spiro atoms. The monoisotopic (exact) mass is 485 g/mol. The summed E-state index contributed by atoms with van der Waals surface area (Å²) in [6.07, 6.45) is 1.77. The summed E-state index contributed by atoms with van der Waals surface area (Å²) in [6.45, 7) is -0.397. The van der Waals surface area contributed by atoms with Crippen molar-refractivity contribution < 1.29 is 20.1 Å². The first-order chi connectivity index (χ1) is 13.6. The number of rotatable bonds is 5. The Bertz CT molecular complexity index is 927. The largest absolute Gasteiger partial charge is 0.394 e. The highest BCUT2D eigenvalue weighted by Gasteiger charge is 2.46. The molecule has 12 heteroatoms. The van der Waals surface area contributed by atoms with Crippen molar-refractivity contribution in [2.45, 2.75) is 34.7 Å².